The molecule has 0 atom stereocenters. The molecule has 0 saturated heterocycles. The van der Waals surface area contributed by atoms with Crippen molar-refractivity contribution in [2.24, 2.45) is 0 Å². The van der Waals surface area contributed by atoms with E-state index < -0.39 is 0 Å². The molecule has 1 aromatic heterocycles. The standard InChI is InChI=1S/C17H21N3O/c1-2-21-17(13-12-14-8-4-3-5-9-14)20-16-11-7-6-10-15(16)18-19-20/h6-7,10-13H,2-5,8-9H2,1H3. The lowest BCUT2D eigenvalue weighted by atomic mass is 9.95. The molecule has 1 aliphatic carbocycles. The van der Waals surface area contributed by atoms with Crippen LogP contribution in [0.1, 0.15) is 39.0 Å². The van der Waals surface area contributed by atoms with E-state index in [2.05, 4.69) is 16.4 Å². The lowest BCUT2D eigenvalue weighted by molar-refractivity contribution is 0.273. The van der Waals surface area contributed by atoms with E-state index in [0.717, 1.165) is 16.9 Å². The topological polar surface area (TPSA) is 39.9 Å². The first-order valence-corrected chi connectivity index (χ1v) is 7.72. The minimum atomic E-state index is 0.614. The molecule has 2 aromatic rings. The van der Waals surface area contributed by atoms with Gasteiger partial charge in [0.1, 0.15) is 5.52 Å². The fraction of sp³-hybridized carbons (Fsp3) is 0.412. The van der Waals surface area contributed by atoms with Gasteiger partial charge < -0.3 is 4.74 Å². The molecule has 1 heterocycles. The van der Waals surface area contributed by atoms with Gasteiger partial charge in [-0.25, -0.2) is 0 Å². The Labute approximate surface area is 125 Å². The van der Waals surface area contributed by atoms with Crippen molar-refractivity contribution in [3.05, 3.63) is 42.0 Å². The van der Waals surface area contributed by atoms with Gasteiger partial charge in [0.05, 0.1) is 12.1 Å². The third-order valence-electron chi connectivity index (χ3n) is 3.81. The Bertz CT molecular complexity index is 661. The third-order valence-corrected chi connectivity index (χ3v) is 3.81. The molecule has 0 aliphatic heterocycles. The van der Waals surface area contributed by atoms with E-state index in [4.69, 9.17) is 4.74 Å². The van der Waals surface area contributed by atoms with Gasteiger partial charge in [-0.2, -0.15) is 4.68 Å². The average Bonchev–Trinajstić information content (AvgIpc) is 2.96. The Morgan fingerprint density at radius 1 is 1.24 bits per heavy atom. The maximum Gasteiger partial charge on any atom is 0.216 e. The number of hydrogen-bond acceptors (Lipinski definition) is 3. The van der Waals surface area contributed by atoms with Crippen molar-refractivity contribution in [2.45, 2.75) is 39.0 Å². The van der Waals surface area contributed by atoms with Crippen LogP contribution in [0.5, 0.6) is 0 Å². The summed E-state index contributed by atoms with van der Waals surface area (Å²) in [6.07, 6.45) is 10.6. The second-order valence-electron chi connectivity index (χ2n) is 5.31. The second-order valence-corrected chi connectivity index (χ2v) is 5.31. The predicted molar refractivity (Wildman–Crippen MR) is 84.6 cm³/mol. The first-order valence-electron chi connectivity index (χ1n) is 7.72. The number of para-hydroxylation sites is 1. The minimum absolute atomic E-state index is 0.614. The van der Waals surface area contributed by atoms with E-state index >= 15 is 0 Å². The molecule has 110 valence electrons. The van der Waals surface area contributed by atoms with Gasteiger partial charge in [0.25, 0.3) is 0 Å². The Kier molecular flexibility index (Phi) is 4.34. The van der Waals surface area contributed by atoms with Crippen LogP contribution in [0.3, 0.4) is 0 Å². The zero-order valence-corrected chi connectivity index (χ0v) is 12.5. The summed E-state index contributed by atoms with van der Waals surface area (Å²) in [4.78, 5) is 0. The van der Waals surface area contributed by atoms with Gasteiger partial charge in [-0.05, 0) is 44.7 Å². The normalized spacial score (nSPS) is 16.2. The molecule has 21 heavy (non-hydrogen) atoms. The number of benzene rings is 1. The van der Waals surface area contributed by atoms with Crippen molar-refractivity contribution < 1.29 is 4.74 Å². The predicted octanol–water partition coefficient (Wildman–Crippen LogP) is 4.16. The summed E-state index contributed by atoms with van der Waals surface area (Å²) in [6.45, 7) is 2.60. The molecule has 1 aliphatic rings. The highest BCUT2D eigenvalue weighted by atomic mass is 16.5. The second kappa shape index (κ2) is 6.57. The highest BCUT2D eigenvalue weighted by Crippen LogP contribution is 2.23. The van der Waals surface area contributed by atoms with Crippen molar-refractivity contribution in [3.8, 4) is 0 Å². The van der Waals surface area contributed by atoms with Crippen LogP contribution < -0.4 is 0 Å². The zero-order chi connectivity index (χ0) is 14.5. The van der Waals surface area contributed by atoms with Crippen LogP contribution >= 0.6 is 0 Å². The van der Waals surface area contributed by atoms with Crippen molar-refractivity contribution in [1.29, 1.82) is 0 Å². The lowest BCUT2D eigenvalue weighted by Crippen LogP contribution is -2.03. The molecule has 0 amide bonds. The number of aromatic nitrogens is 3. The molecule has 3 rings (SSSR count). The van der Waals surface area contributed by atoms with E-state index in [1.54, 1.807) is 4.68 Å². The maximum atomic E-state index is 5.76. The number of rotatable bonds is 4. The third kappa shape index (κ3) is 3.15. The van der Waals surface area contributed by atoms with Crippen LogP contribution in [0.25, 0.3) is 16.9 Å². The van der Waals surface area contributed by atoms with Gasteiger partial charge >= 0.3 is 0 Å². The van der Waals surface area contributed by atoms with Crippen LogP contribution in [0.15, 0.2) is 42.0 Å². The van der Waals surface area contributed by atoms with E-state index in [1.165, 1.54) is 37.7 Å². The molecule has 0 N–H and O–H groups in total. The van der Waals surface area contributed by atoms with E-state index in [9.17, 15) is 0 Å². The fourth-order valence-corrected chi connectivity index (χ4v) is 2.72. The molecule has 0 radical (unpaired) electrons. The van der Waals surface area contributed by atoms with Gasteiger partial charge in [-0.3, -0.25) is 0 Å². The summed E-state index contributed by atoms with van der Waals surface area (Å²) in [6, 6.07) is 7.93. The zero-order valence-electron chi connectivity index (χ0n) is 12.5. The molecule has 0 bridgehead atoms. The van der Waals surface area contributed by atoms with Crippen molar-refractivity contribution in [3.63, 3.8) is 0 Å². The van der Waals surface area contributed by atoms with Crippen LogP contribution in [0.2, 0.25) is 0 Å². The number of ether oxygens (including phenoxy) is 1. The molecule has 1 saturated carbocycles. The summed E-state index contributed by atoms with van der Waals surface area (Å²) in [7, 11) is 0. The number of hydrogen-bond donors (Lipinski definition) is 0. The monoisotopic (exact) mass is 283 g/mol. The maximum absolute atomic E-state index is 5.76. The Balaban J connectivity index is 1.93. The van der Waals surface area contributed by atoms with Crippen LogP contribution in [-0.2, 0) is 4.74 Å². The van der Waals surface area contributed by atoms with Crippen molar-refractivity contribution in [2.75, 3.05) is 6.61 Å². The molecule has 4 nitrogen and oxygen atoms in total. The highest BCUT2D eigenvalue weighted by molar-refractivity contribution is 5.77. The van der Waals surface area contributed by atoms with Crippen molar-refractivity contribution >= 4 is 16.9 Å². The van der Waals surface area contributed by atoms with Gasteiger partial charge in [0.2, 0.25) is 5.88 Å². The number of fused-ring (bicyclic) bond motifs is 1. The Morgan fingerprint density at radius 3 is 2.86 bits per heavy atom. The van der Waals surface area contributed by atoms with E-state index in [0.29, 0.717) is 6.61 Å². The van der Waals surface area contributed by atoms with E-state index in [1.807, 2.05) is 37.3 Å². The summed E-state index contributed by atoms with van der Waals surface area (Å²) in [5.41, 5.74) is 3.36. The number of allylic oxidation sites excluding steroid dienone is 3. The first-order chi connectivity index (χ1) is 10.4. The molecule has 0 unspecified atom stereocenters. The molecule has 1 fully saturated rings. The van der Waals surface area contributed by atoms with Gasteiger partial charge in [0, 0.05) is 6.08 Å². The van der Waals surface area contributed by atoms with Crippen LogP contribution in [0.4, 0.5) is 0 Å². The molecule has 0 spiro atoms. The summed E-state index contributed by atoms with van der Waals surface area (Å²) >= 11 is 0. The average molecular weight is 283 g/mol. The van der Waals surface area contributed by atoms with Crippen LogP contribution in [0, 0.1) is 0 Å². The smallest absolute Gasteiger partial charge is 0.216 e. The first kappa shape index (κ1) is 13.9. The molecule has 1 aromatic carbocycles. The minimum Gasteiger partial charge on any atom is -0.478 e. The quantitative estimate of drug-likeness (QED) is 0.791. The molecular weight excluding hydrogens is 262 g/mol. The Morgan fingerprint density at radius 2 is 2.05 bits per heavy atom. The van der Waals surface area contributed by atoms with Crippen LogP contribution in [-0.4, -0.2) is 21.6 Å². The Hall–Kier alpha value is -2.10. The van der Waals surface area contributed by atoms with Gasteiger partial charge in [0.15, 0.2) is 0 Å². The summed E-state index contributed by atoms with van der Waals surface area (Å²) in [5, 5.41) is 8.41. The van der Waals surface area contributed by atoms with Gasteiger partial charge in [-0.1, -0.05) is 35.4 Å². The lowest BCUT2D eigenvalue weighted by Gasteiger charge is -2.13. The van der Waals surface area contributed by atoms with Crippen molar-refractivity contribution in [1.82, 2.24) is 15.0 Å². The van der Waals surface area contributed by atoms with Gasteiger partial charge in [-0.15, -0.1) is 5.10 Å². The fourth-order valence-electron chi connectivity index (χ4n) is 2.72. The highest BCUT2D eigenvalue weighted by Gasteiger charge is 2.09. The van der Waals surface area contributed by atoms with E-state index in [-0.39, 0.29) is 0 Å². The largest absolute Gasteiger partial charge is 0.478 e. The number of nitrogens with zero attached hydrogens (tertiary/aromatic N) is 3. The molecular formula is C17H21N3O. The SMILES string of the molecule is CCOC(=CC=C1CCCCC1)n1nnc2ccccc21. The summed E-state index contributed by atoms with van der Waals surface area (Å²) in [5.74, 6) is 0.740. The summed E-state index contributed by atoms with van der Waals surface area (Å²) < 4.78 is 7.54. The molecule has 4 heteroatoms.